The van der Waals surface area contributed by atoms with E-state index in [0.29, 0.717) is 5.76 Å². The first kappa shape index (κ1) is 16.6. The van der Waals surface area contributed by atoms with Crippen LogP contribution in [0.2, 0.25) is 0 Å². The first-order valence-corrected chi connectivity index (χ1v) is 9.16. The highest BCUT2D eigenvalue weighted by Crippen LogP contribution is 2.47. The Morgan fingerprint density at radius 3 is 2.50 bits per heavy atom. The molecule has 0 aliphatic carbocycles. The Balaban J connectivity index is 1.69. The average Bonchev–Trinajstić information content (AvgIpc) is 3.41. The molecule has 0 amide bonds. The number of ether oxygens (including phenoxy) is 2. The maximum absolute atomic E-state index is 13.2. The van der Waals surface area contributed by atoms with Gasteiger partial charge in [0.15, 0.2) is 11.9 Å². The number of hydrogen-bond donors (Lipinski definition) is 0. The topological polar surface area (TPSA) is 48.7 Å². The molecule has 0 radical (unpaired) electrons. The summed E-state index contributed by atoms with van der Waals surface area (Å²) in [6.45, 7) is 0. The van der Waals surface area contributed by atoms with Gasteiger partial charge in [-0.25, -0.2) is 0 Å². The normalized spacial score (nSPS) is 17.9. The fourth-order valence-corrected chi connectivity index (χ4v) is 3.97. The molecular formula is C24H18O4. The van der Waals surface area contributed by atoms with Crippen LogP contribution < -0.4 is 9.47 Å². The highest BCUT2D eigenvalue weighted by Gasteiger charge is 2.42. The molecule has 5 rings (SSSR count). The van der Waals surface area contributed by atoms with Crippen molar-refractivity contribution in [3.8, 4) is 11.5 Å². The van der Waals surface area contributed by atoms with Gasteiger partial charge in [0, 0.05) is 5.56 Å². The number of benzene rings is 3. The maximum atomic E-state index is 13.2. The van der Waals surface area contributed by atoms with E-state index in [4.69, 9.17) is 13.9 Å². The van der Waals surface area contributed by atoms with Crippen molar-refractivity contribution in [2.24, 2.45) is 0 Å². The Labute approximate surface area is 162 Å². The molecule has 2 atom stereocenters. The molecule has 1 aliphatic rings. The first-order valence-electron chi connectivity index (χ1n) is 9.16. The van der Waals surface area contributed by atoms with Gasteiger partial charge in [0.2, 0.25) is 5.78 Å². The number of fused-ring (bicyclic) bond motifs is 3. The van der Waals surface area contributed by atoms with E-state index in [9.17, 15) is 4.79 Å². The van der Waals surface area contributed by atoms with E-state index in [1.165, 1.54) is 6.26 Å². The van der Waals surface area contributed by atoms with Crippen molar-refractivity contribution in [1.82, 2.24) is 0 Å². The Hall–Kier alpha value is -3.53. The second-order valence-corrected chi connectivity index (χ2v) is 6.83. The zero-order valence-corrected chi connectivity index (χ0v) is 15.3. The van der Waals surface area contributed by atoms with Crippen molar-refractivity contribution >= 4 is 16.6 Å². The zero-order chi connectivity index (χ0) is 19.1. The lowest BCUT2D eigenvalue weighted by atomic mass is 9.83. The van der Waals surface area contributed by atoms with E-state index in [2.05, 4.69) is 12.1 Å². The summed E-state index contributed by atoms with van der Waals surface area (Å²) in [7, 11) is 1.64. The van der Waals surface area contributed by atoms with E-state index in [-0.39, 0.29) is 11.7 Å². The minimum atomic E-state index is -0.680. The fourth-order valence-electron chi connectivity index (χ4n) is 3.97. The summed E-state index contributed by atoms with van der Waals surface area (Å²) in [4.78, 5) is 13.2. The molecule has 0 fully saturated rings. The van der Waals surface area contributed by atoms with Crippen molar-refractivity contribution in [2.75, 3.05) is 7.11 Å². The molecule has 4 heteroatoms. The molecule has 0 bridgehead atoms. The van der Waals surface area contributed by atoms with Crippen molar-refractivity contribution < 1.29 is 18.7 Å². The summed E-state index contributed by atoms with van der Waals surface area (Å²) < 4.78 is 16.8. The average molecular weight is 370 g/mol. The van der Waals surface area contributed by atoms with Gasteiger partial charge in [-0.3, -0.25) is 4.79 Å². The molecule has 1 aromatic heterocycles. The van der Waals surface area contributed by atoms with E-state index in [1.807, 2.05) is 48.5 Å². The van der Waals surface area contributed by atoms with Crippen molar-refractivity contribution in [3.05, 3.63) is 95.9 Å². The highest BCUT2D eigenvalue weighted by atomic mass is 16.5. The van der Waals surface area contributed by atoms with E-state index < -0.39 is 6.10 Å². The molecule has 4 aromatic rings. The molecule has 138 valence electrons. The molecule has 0 unspecified atom stereocenters. The summed E-state index contributed by atoms with van der Waals surface area (Å²) in [5, 5.41) is 2.21. The summed E-state index contributed by atoms with van der Waals surface area (Å²) in [6, 6.07) is 23.3. The second-order valence-electron chi connectivity index (χ2n) is 6.83. The number of rotatable bonds is 4. The zero-order valence-electron chi connectivity index (χ0n) is 15.3. The molecule has 28 heavy (non-hydrogen) atoms. The molecule has 3 aromatic carbocycles. The Bertz CT molecular complexity index is 1140. The Kier molecular flexibility index (Phi) is 3.90. The molecule has 2 heterocycles. The summed E-state index contributed by atoms with van der Waals surface area (Å²) in [5.41, 5.74) is 2.04. The monoisotopic (exact) mass is 370 g/mol. The van der Waals surface area contributed by atoms with Crippen LogP contribution in [0.4, 0.5) is 0 Å². The lowest BCUT2D eigenvalue weighted by Gasteiger charge is -2.18. The lowest BCUT2D eigenvalue weighted by molar-refractivity contribution is 0.0777. The molecule has 0 saturated heterocycles. The number of carbonyl (C=O) groups is 1. The van der Waals surface area contributed by atoms with Crippen LogP contribution in [0, 0.1) is 0 Å². The Morgan fingerprint density at radius 1 is 0.929 bits per heavy atom. The maximum Gasteiger partial charge on any atom is 0.239 e. The minimum absolute atomic E-state index is 0.161. The predicted octanol–water partition coefficient (Wildman–Crippen LogP) is 5.22. The predicted molar refractivity (Wildman–Crippen MR) is 106 cm³/mol. The van der Waals surface area contributed by atoms with E-state index in [1.54, 1.807) is 19.2 Å². The summed E-state index contributed by atoms with van der Waals surface area (Å²) in [5.74, 6) is 1.43. The van der Waals surface area contributed by atoms with E-state index in [0.717, 1.165) is 33.4 Å². The van der Waals surface area contributed by atoms with Gasteiger partial charge >= 0.3 is 0 Å². The van der Waals surface area contributed by atoms with Gasteiger partial charge in [-0.05, 0) is 46.7 Å². The highest BCUT2D eigenvalue weighted by molar-refractivity contribution is 6.00. The van der Waals surface area contributed by atoms with Crippen molar-refractivity contribution in [1.29, 1.82) is 0 Å². The number of Topliss-reactive ketones (excluding diaryl/α,β-unsaturated/α-hetero) is 1. The molecule has 0 saturated carbocycles. The SMILES string of the molecule is COc1ccc([C@@H]2c3c(ccc4ccccc34)O[C@H]2C(=O)c2ccco2)cc1. The van der Waals surface area contributed by atoms with Crippen molar-refractivity contribution in [2.45, 2.75) is 12.0 Å². The standard InChI is InChI=1S/C24H18O4/c1-26-17-11-8-16(9-12-17)21-22-18-6-3-2-5-15(18)10-13-19(22)28-24(21)23(25)20-7-4-14-27-20/h2-14,21,24H,1H3/t21-,24-/m1/s1. The number of furan rings is 1. The van der Waals surface area contributed by atoms with Gasteiger partial charge in [0.1, 0.15) is 11.5 Å². The van der Waals surface area contributed by atoms with Gasteiger partial charge in [0.25, 0.3) is 0 Å². The van der Waals surface area contributed by atoms with Gasteiger partial charge in [-0.15, -0.1) is 0 Å². The second kappa shape index (κ2) is 6.57. The molecule has 1 aliphatic heterocycles. The third kappa shape index (κ3) is 2.57. The smallest absolute Gasteiger partial charge is 0.239 e. The van der Waals surface area contributed by atoms with Gasteiger partial charge < -0.3 is 13.9 Å². The molecule has 4 nitrogen and oxygen atoms in total. The van der Waals surface area contributed by atoms with Crippen LogP contribution >= 0.6 is 0 Å². The number of hydrogen-bond acceptors (Lipinski definition) is 4. The number of ketones is 1. The molecule has 0 spiro atoms. The van der Waals surface area contributed by atoms with Crippen LogP contribution in [-0.2, 0) is 0 Å². The molecule has 0 N–H and O–H groups in total. The summed E-state index contributed by atoms with van der Waals surface area (Å²) >= 11 is 0. The fraction of sp³-hybridized carbons (Fsp3) is 0.125. The first-order chi connectivity index (χ1) is 13.8. The quantitative estimate of drug-likeness (QED) is 0.462. The van der Waals surface area contributed by atoms with Gasteiger partial charge in [-0.2, -0.15) is 0 Å². The number of methoxy groups -OCH3 is 1. The number of carbonyl (C=O) groups excluding carboxylic acids is 1. The largest absolute Gasteiger partial charge is 0.497 e. The lowest BCUT2D eigenvalue weighted by Crippen LogP contribution is -2.29. The van der Waals surface area contributed by atoms with Crippen LogP contribution in [-0.4, -0.2) is 19.0 Å². The molecular weight excluding hydrogens is 352 g/mol. The van der Waals surface area contributed by atoms with Crippen LogP contribution in [0.25, 0.3) is 10.8 Å². The van der Waals surface area contributed by atoms with Gasteiger partial charge in [-0.1, -0.05) is 42.5 Å². The van der Waals surface area contributed by atoms with Crippen molar-refractivity contribution in [3.63, 3.8) is 0 Å². The third-order valence-corrected chi connectivity index (χ3v) is 5.30. The van der Waals surface area contributed by atoms with Crippen LogP contribution in [0.5, 0.6) is 11.5 Å². The van der Waals surface area contributed by atoms with Crippen LogP contribution in [0.1, 0.15) is 27.6 Å². The Morgan fingerprint density at radius 2 is 1.75 bits per heavy atom. The minimum Gasteiger partial charge on any atom is -0.497 e. The third-order valence-electron chi connectivity index (χ3n) is 5.30. The van der Waals surface area contributed by atoms with Crippen LogP contribution in [0.15, 0.2) is 83.5 Å². The summed E-state index contributed by atoms with van der Waals surface area (Å²) in [6.07, 6.45) is 0.827. The van der Waals surface area contributed by atoms with Gasteiger partial charge in [0.05, 0.1) is 19.3 Å². The van der Waals surface area contributed by atoms with Crippen LogP contribution in [0.3, 0.4) is 0 Å². The van der Waals surface area contributed by atoms with E-state index >= 15 is 0 Å².